The molecule has 5 heteroatoms. The second kappa shape index (κ2) is 8.97. The summed E-state index contributed by atoms with van der Waals surface area (Å²) < 4.78 is 8.29. The molecule has 148 valence electrons. The van der Waals surface area contributed by atoms with Gasteiger partial charge in [0.1, 0.15) is 18.2 Å². The van der Waals surface area contributed by atoms with Crippen molar-refractivity contribution in [3.8, 4) is 5.75 Å². The van der Waals surface area contributed by atoms with Gasteiger partial charge in [-0.3, -0.25) is 4.90 Å². The van der Waals surface area contributed by atoms with E-state index in [9.17, 15) is 0 Å². The Labute approximate surface area is 172 Å². The van der Waals surface area contributed by atoms with Crippen LogP contribution in [0, 0.1) is 0 Å². The van der Waals surface area contributed by atoms with Gasteiger partial charge in [-0.2, -0.15) is 0 Å². The molecule has 0 bridgehead atoms. The smallest absolute Gasteiger partial charge is 0.137 e. The van der Waals surface area contributed by atoms with Crippen LogP contribution in [0.25, 0.3) is 11.0 Å². The van der Waals surface area contributed by atoms with E-state index >= 15 is 0 Å². The first-order valence-corrected chi connectivity index (χ1v) is 10.7. The molecular formula is C23H28ClN3O. The SMILES string of the molecule is CC(c1nc2ccccc2n1CCOc1ccccc1Cl)N1CCCCCC1. The number of nitrogens with zero attached hydrogens (tertiary/aromatic N) is 3. The van der Waals surface area contributed by atoms with Gasteiger partial charge in [0.05, 0.1) is 28.6 Å². The molecule has 0 N–H and O–H groups in total. The summed E-state index contributed by atoms with van der Waals surface area (Å²) in [6.45, 7) is 5.90. The Bertz CT molecular complexity index is 915. The highest BCUT2D eigenvalue weighted by molar-refractivity contribution is 6.32. The zero-order valence-electron chi connectivity index (χ0n) is 16.5. The molecule has 1 atom stereocenters. The van der Waals surface area contributed by atoms with E-state index in [1.807, 2.05) is 24.3 Å². The molecule has 2 heterocycles. The van der Waals surface area contributed by atoms with Crippen molar-refractivity contribution in [2.45, 2.75) is 45.2 Å². The van der Waals surface area contributed by atoms with Crippen molar-refractivity contribution in [1.29, 1.82) is 0 Å². The number of fused-ring (bicyclic) bond motifs is 1. The Hall–Kier alpha value is -2.04. The van der Waals surface area contributed by atoms with E-state index in [1.54, 1.807) is 0 Å². The van der Waals surface area contributed by atoms with Crippen LogP contribution < -0.4 is 4.74 Å². The number of hydrogen-bond donors (Lipinski definition) is 0. The minimum Gasteiger partial charge on any atom is -0.490 e. The van der Waals surface area contributed by atoms with Crippen LogP contribution in [0.4, 0.5) is 0 Å². The van der Waals surface area contributed by atoms with E-state index < -0.39 is 0 Å². The third-order valence-corrected chi connectivity index (χ3v) is 5.97. The Balaban J connectivity index is 1.57. The lowest BCUT2D eigenvalue weighted by atomic mass is 10.2. The quantitative estimate of drug-likeness (QED) is 0.534. The van der Waals surface area contributed by atoms with Crippen molar-refractivity contribution in [2.75, 3.05) is 19.7 Å². The van der Waals surface area contributed by atoms with E-state index in [-0.39, 0.29) is 0 Å². The normalized spacial score (nSPS) is 16.8. The number of halogens is 1. The summed E-state index contributed by atoms with van der Waals surface area (Å²) in [7, 11) is 0. The molecule has 2 aromatic carbocycles. The molecule has 0 spiro atoms. The van der Waals surface area contributed by atoms with Gasteiger partial charge in [-0.25, -0.2) is 4.98 Å². The maximum atomic E-state index is 6.23. The number of rotatable bonds is 6. The van der Waals surface area contributed by atoms with E-state index in [0.717, 1.165) is 36.7 Å². The largest absolute Gasteiger partial charge is 0.490 e. The Morgan fingerprint density at radius 3 is 2.50 bits per heavy atom. The van der Waals surface area contributed by atoms with Crippen LogP contribution in [-0.2, 0) is 6.54 Å². The van der Waals surface area contributed by atoms with E-state index in [4.69, 9.17) is 21.3 Å². The zero-order valence-corrected chi connectivity index (χ0v) is 17.2. The predicted octanol–water partition coefficient (Wildman–Crippen LogP) is 5.71. The minimum atomic E-state index is 0.297. The van der Waals surface area contributed by atoms with Crippen molar-refractivity contribution < 1.29 is 4.74 Å². The molecule has 1 aromatic heterocycles. The number of aromatic nitrogens is 2. The van der Waals surface area contributed by atoms with Crippen molar-refractivity contribution >= 4 is 22.6 Å². The predicted molar refractivity (Wildman–Crippen MR) is 115 cm³/mol. The number of para-hydroxylation sites is 3. The molecule has 4 rings (SSSR count). The van der Waals surface area contributed by atoms with Crippen LogP contribution in [0.5, 0.6) is 5.75 Å². The van der Waals surface area contributed by atoms with Gasteiger partial charge in [0, 0.05) is 0 Å². The zero-order chi connectivity index (χ0) is 19.3. The highest BCUT2D eigenvalue weighted by atomic mass is 35.5. The number of ether oxygens (including phenoxy) is 1. The maximum Gasteiger partial charge on any atom is 0.137 e. The van der Waals surface area contributed by atoms with Crippen molar-refractivity contribution in [3.63, 3.8) is 0 Å². The molecule has 1 saturated heterocycles. The molecule has 1 aliphatic heterocycles. The number of benzene rings is 2. The molecule has 0 amide bonds. The summed E-state index contributed by atoms with van der Waals surface area (Å²) in [5, 5.41) is 0.649. The fourth-order valence-electron chi connectivity index (χ4n) is 4.10. The standard InChI is InChI=1S/C23H28ClN3O/c1-18(26-14-8-2-3-9-15-26)23-25-20-11-5-6-12-21(20)27(23)16-17-28-22-13-7-4-10-19(22)24/h4-7,10-13,18H,2-3,8-9,14-17H2,1H3. The summed E-state index contributed by atoms with van der Waals surface area (Å²) in [5.74, 6) is 1.86. The molecule has 0 aliphatic carbocycles. The summed E-state index contributed by atoms with van der Waals surface area (Å²) in [5.41, 5.74) is 2.22. The monoisotopic (exact) mass is 397 g/mol. The van der Waals surface area contributed by atoms with Gasteiger partial charge in [-0.05, 0) is 57.1 Å². The van der Waals surface area contributed by atoms with E-state index in [1.165, 1.54) is 31.2 Å². The molecule has 28 heavy (non-hydrogen) atoms. The topological polar surface area (TPSA) is 30.3 Å². The van der Waals surface area contributed by atoms with Gasteiger partial charge in [-0.1, -0.05) is 48.7 Å². The molecule has 3 aromatic rings. The number of imidazole rings is 1. The van der Waals surface area contributed by atoms with Crippen molar-refractivity contribution in [1.82, 2.24) is 14.5 Å². The fourth-order valence-corrected chi connectivity index (χ4v) is 4.29. The third kappa shape index (κ3) is 4.18. The Kier molecular flexibility index (Phi) is 6.18. The molecule has 0 saturated carbocycles. The number of hydrogen-bond acceptors (Lipinski definition) is 3. The number of likely N-dealkylation sites (tertiary alicyclic amines) is 1. The first-order chi connectivity index (χ1) is 13.7. The average Bonchev–Trinajstić information content (AvgIpc) is 2.88. The van der Waals surface area contributed by atoms with Crippen LogP contribution in [-0.4, -0.2) is 34.1 Å². The molecule has 4 nitrogen and oxygen atoms in total. The van der Waals surface area contributed by atoms with Gasteiger partial charge in [-0.15, -0.1) is 0 Å². The highest BCUT2D eigenvalue weighted by Crippen LogP contribution is 2.27. The highest BCUT2D eigenvalue weighted by Gasteiger charge is 2.23. The summed E-state index contributed by atoms with van der Waals surface area (Å²) in [6.07, 6.45) is 5.23. The summed E-state index contributed by atoms with van der Waals surface area (Å²) >= 11 is 6.23. The van der Waals surface area contributed by atoms with E-state index in [0.29, 0.717) is 17.7 Å². The molecule has 1 unspecified atom stereocenters. The lowest BCUT2D eigenvalue weighted by Gasteiger charge is -2.27. The second-order valence-corrected chi connectivity index (χ2v) is 7.92. The van der Waals surface area contributed by atoms with Gasteiger partial charge < -0.3 is 9.30 Å². The minimum absolute atomic E-state index is 0.297. The lowest BCUT2D eigenvalue weighted by Crippen LogP contribution is -2.30. The van der Waals surface area contributed by atoms with Crippen LogP contribution >= 0.6 is 11.6 Å². The van der Waals surface area contributed by atoms with Crippen molar-refractivity contribution in [3.05, 3.63) is 59.4 Å². The van der Waals surface area contributed by atoms with Gasteiger partial charge in [0.25, 0.3) is 0 Å². The summed E-state index contributed by atoms with van der Waals surface area (Å²) in [6, 6.07) is 16.3. The molecule has 1 aliphatic rings. The van der Waals surface area contributed by atoms with Crippen LogP contribution in [0.2, 0.25) is 5.02 Å². The Morgan fingerprint density at radius 1 is 1.00 bits per heavy atom. The van der Waals surface area contributed by atoms with Gasteiger partial charge in [0.15, 0.2) is 0 Å². The average molecular weight is 398 g/mol. The van der Waals surface area contributed by atoms with Crippen LogP contribution in [0.3, 0.4) is 0 Å². The first-order valence-electron chi connectivity index (χ1n) is 10.3. The third-order valence-electron chi connectivity index (χ3n) is 5.66. The van der Waals surface area contributed by atoms with E-state index in [2.05, 4.69) is 40.7 Å². The van der Waals surface area contributed by atoms with Crippen LogP contribution in [0.1, 0.15) is 44.5 Å². The molecular weight excluding hydrogens is 370 g/mol. The van der Waals surface area contributed by atoms with Crippen LogP contribution in [0.15, 0.2) is 48.5 Å². The Morgan fingerprint density at radius 2 is 1.71 bits per heavy atom. The van der Waals surface area contributed by atoms with Gasteiger partial charge in [0.2, 0.25) is 0 Å². The first kappa shape index (κ1) is 19.3. The second-order valence-electron chi connectivity index (χ2n) is 7.52. The van der Waals surface area contributed by atoms with Gasteiger partial charge >= 0.3 is 0 Å². The fraction of sp³-hybridized carbons (Fsp3) is 0.435. The molecule has 1 fully saturated rings. The summed E-state index contributed by atoms with van der Waals surface area (Å²) in [4.78, 5) is 7.58. The van der Waals surface area contributed by atoms with Crippen molar-refractivity contribution in [2.24, 2.45) is 0 Å². The maximum absolute atomic E-state index is 6.23. The molecule has 0 radical (unpaired) electrons. The lowest BCUT2D eigenvalue weighted by molar-refractivity contribution is 0.204.